The first-order valence-corrected chi connectivity index (χ1v) is 11.9. The van der Waals surface area contributed by atoms with Gasteiger partial charge in [0.15, 0.2) is 0 Å². The Labute approximate surface area is 187 Å². The van der Waals surface area contributed by atoms with Crippen LogP contribution < -0.4 is 0 Å². The van der Waals surface area contributed by atoms with Gasteiger partial charge in [0, 0.05) is 23.7 Å². The normalized spacial score (nSPS) is 26.8. The average molecular weight is 431 g/mol. The van der Waals surface area contributed by atoms with Crippen molar-refractivity contribution in [2.75, 3.05) is 26.4 Å². The molecule has 2 aliphatic carbocycles. The predicted octanol–water partition coefficient (Wildman–Crippen LogP) is 5.09. The maximum Gasteiger partial charge on any atom is 0.122 e. The molecule has 2 heterocycles. The number of allylic oxidation sites excluding steroid dienone is 6. The van der Waals surface area contributed by atoms with E-state index in [1.165, 1.54) is 0 Å². The molecule has 31 heavy (non-hydrogen) atoms. The highest BCUT2D eigenvalue weighted by Crippen LogP contribution is 2.45. The Morgan fingerprint density at radius 3 is 1.45 bits per heavy atom. The van der Waals surface area contributed by atoms with Gasteiger partial charge in [-0.1, -0.05) is 38.2 Å². The van der Waals surface area contributed by atoms with E-state index in [1.54, 1.807) is 0 Å². The summed E-state index contributed by atoms with van der Waals surface area (Å²) in [6.45, 7) is 11.6. The summed E-state index contributed by atoms with van der Waals surface area (Å²) >= 11 is 0. The van der Waals surface area contributed by atoms with E-state index in [2.05, 4.69) is 64.2 Å². The highest BCUT2D eigenvalue weighted by atomic mass is 16.6. The van der Waals surface area contributed by atoms with Crippen molar-refractivity contribution in [1.82, 2.24) is 0 Å². The molecule has 0 amide bonds. The standard InChI is InChI=1S/C26H38O5/c1-5-25(15-27-16-25)23(19(3)29-21-11-7-8-12-21)31-24(26(6-2)17-28-18-26)20(4)30-22-13-9-10-14-22/h7-11,13,19-20,23-24H,5-6,12,14-18H2,1-4H3. The Morgan fingerprint density at radius 2 is 1.19 bits per heavy atom. The van der Waals surface area contributed by atoms with E-state index >= 15 is 0 Å². The van der Waals surface area contributed by atoms with Gasteiger partial charge in [0.2, 0.25) is 0 Å². The van der Waals surface area contributed by atoms with E-state index in [9.17, 15) is 0 Å². The van der Waals surface area contributed by atoms with Crippen molar-refractivity contribution in [1.29, 1.82) is 0 Å². The van der Waals surface area contributed by atoms with Gasteiger partial charge in [0.05, 0.1) is 26.4 Å². The lowest BCUT2D eigenvalue weighted by atomic mass is 9.73. The molecule has 0 saturated carbocycles. The predicted molar refractivity (Wildman–Crippen MR) is 121 cm³/mol. The summed E-state index contributed by atoms with van der Waals surface area (Å²) in [4.78, 5) is 0. The number of hydrogen-bond acceptors (Lipinski definition) is 5. The lowest BCUT2D eigenvalue weighted by Crippen LogP contribution is -2.62. The zero-order valence-electron chi connectivity index (χ0n) is 19.5. The zero-order valence-corrected chi connectivity index (χ0v) is 19.5. The fourth-order valence-corrected chi connectivity index (χ4v) is 5.16. The van der Waals surface area contributed by atoms with E-state index in [-0.39, 0.29) is 35.2 Å². The molecule has 0 aromatic heterocycles. The van der Waals surface area contributed by atoms with E-state index < -0.39 is 0 Å². The number of ether oxygens (including phenoxy) is 5. The summed E-state index contributed by atoms with van der Waals surface area (Å²) in [5.41, 5.74) is -0.0601. The maximum atomic E-state index is 7.09. The summed E-state index contributed by atoms with van der Waals surface area (Å²) in [7, 11) is 0. The Morgan fingerprint density at radius 1 is 0.774 bits per heavy atom. The van der Waals surface area contributed by atoms with E-state index in [0.717, 1.165) is 37.2 Å². The van der Waals surface area contributed by atoms with Gasteiger partial charge in [-0.2, -0.15) is 0 Å². The Kier molecular flexibility index (Phi) is 6.95. The van der Waals surface area contributed by atoms with Crippen LogP contribution in [0.2, 0.25) is 0 Å². The molecule has 0 N–H and O–H groups in total. The summed E-state index contributed by atoms with van der Waals surface area (Å²) in [5.74, 6) is 2.01. The minimum atomic E-state index is -0.0801. The van der Waals surface area contributed by atoms with Gasteiger partial charge in [0.25, 0.3) is 0 Å². The van der Waals surface area contributed by atoms with Crippen LogP contribution in [-0.2, 0) is 23.7 Å². The summed E-state index contributed by atoms with van der Waals surface area (Å²) in [6.07, 6.45) is 15.8. The fourth-order valence-electron chi connectivity index (χ4n) is 5.16. The Bertz CT molecular complexity index is 668. The molecule has 172 valence electrons. The summed E-state index contributed by atoms with van der Waals surface area (Å²) in [5, 5.41) is 0. The van der Waals surface area contributed by atoms with Crippen LogP contribution in [0.5, 0.6) is 0 Å². The van der Waals surface area contributed by atoms with Crippen LogP contribution in [-0.4, -0.2) is 50.8 Å². The maximum absolute atomic E-state index is 7.09. The van der Waals surface area contributed by atoms with Crippen molar-refractivity contribution in [3.8, 4) is 0 Å². The molecule has 4 rings (SSSR count). The highest BCUT2D eigenvalue weighted by molar-refractivity contribution is 5.19. The molecule has 4 atom stereocenters. The monoisotopic (exact) mass is 430 g/mol. The third kappa shape index (κ3) is 4.50. The van der Waals surface area contributed by atoms with Crippen molar-refractivity contribution >= 4 is 0 Å². The zero-order chi connectivity index (χ0) is 21.9. The second-order valence-electron chi connectivity index (χ2n) is 9.57. The van der Waals surface area contributed by atoms with E-state index in [4.69, 9.17) is 23.7 Å². The van der Waals surface area contributed by atoms with Crippen molar-refractivity contribution < 1.29 is 23.7 Å². The van der Waals surface area contributed by atoms with Gasteiger partial charge in [-0.25, -0.2) is 0 Å². The van der Waals surface area contributed by atoms with Gasteiger partial charge in [-0.05, 0) is 38.8 Å². The first kappa shape index (κ1) is 22.6. The van der Waals surface area contributed by atoms with Crippen LogP contribution in [0.4, 0.5) is 0 Å². The average Bonchev–Trinajstić information content (AvgIpc) is 3.39. The molecule has 0 spiro atoms. The summed E-state index contributed by atoms with van der Waals surface area (Å²) < 4.78 is 31.3. The fraction of sp³-hybridized carbons (Fsp3) is 0.692. The Hall–Kier alpha value is -1.56. The molecule has 0 bridgehead atoms. The van der Waals surface area contributed by atoms with E-state index in [0.29, 0.717) is 26.4 Å². The first-order valence-electron chi connectivity index (χ1n) is 11.9. The smallest absolute Gasteiger partial charge is 0.122 e. The molecule has 0 aromatic carbocycles. The van der Waals surface area contributed by atoms with Gasteiger partial charge in [-0.15, -0.1) is 0 Å². The second-order valence-corrected chi connectivity index (χ2v) is 9.57. The minimum absolute atomic E-state index is 0.0301. The molecule has 0 aromatic rings. The van der Waals surface area contributed by atoms with E-state index in [1.807, 2.05) is 0 Å². The molecule has 5 nitrogen and oxygen atoms in total. The molecular formula is C26H38O5. The van der Waals surface area contributed by atoms with Crippen LogP contribution in [0, 0.1) is 10.8 Å². The minimum Gasteiger partial charge on any atom is -0.492 e. The molecular weight excluding hydrogens is 392 g/mol. The van der Waals surface area contributed by atoms with Gasteiger partial charge in [-0.3, -0.25) is 0 Å². The lowest BCUT2D eigenvalue weighted by Gasteiger charge is -2.54. The molecule has 4 unspecified atom stereocenters. The van der Waals surface area contributed by atoms with Gasteiger partial charge >= 0.3 is 0 Å². The van der Waals surface area contributed by atoms with Crippen LogP contribution in [0.15, 0.2) is 48.0 Å². The molecule has 0 radical (unpaired) electrons. The van der Waals surface area contributed by atoms with Crippen molar-refractivity contribution in [2.45, 2.75) is 77.8 Å². The number of hydrogen-bond donors (Lipinski definition) is 0. The molecule has 5 heteroatoms. The molecule has 2 aliphatic heterocycles. The molecule has 2 fully saturated rings. The van der Waals surface area contributed by atoms with Crippen LogP contribution in [0.25, 0.3) is 0 Å². The lowest BCUT2D eigenvalue weighted by molar-refractivity contribution is -0.282. The SMILES string of the molecule is CCC1(C(OC(C(C)OC2=CC=CC2)C2(CC)COC2)C(C)OC2=CC=CC2)COC1. The van der Waals surface area contributed by atoms with Crippen molar-refractivity contribution in [3.63, 3.8) is 0 Å². The van der Waals surface area contributed by atoms with Crippen LogP contribution >= 0.6 is 0 Å². The second kappa shape index (κ2) is 9.51. The van der Waals surface area contributed by atoms with Crippen molar-refractivity contribution in [2.24, 2.45) is 10.8 Å². The van der Waals surface area contributed by atoms with Crippen LogP contribution in [0.3, 0.4) is 0 Å². The third-order valence-corrected chi connectivity index (χ3v) is 7.47. The highest BCUT2D eigenvalue weighted by Gasteiger charge is 2.54. The summed E-state index contributed by atoms with van der Waals surface area (Å²) in [6, 6.07) is 0. The van der Waals surface area contributed by atoms with Gasteiger partial charge < -0.3 is 23.7 Å². The molecule has 2 saturated heterocycles. The van der Waals surface area contributed by atoms with Crippen molar-refractivity contribution in [3.05, 3.63) is 48.0 Å². The van der Waals surface area contributed by atoms with Crippen LogP contribution in [0.1, 0.15) is 53.4 Å². The topological polar surface area (TPSA) is 46.2 Å². The quantitative estimate of drug-likeness (QED) is 0.431. The molecule has 4 aliphatic rings. The largest absolute Gasteiger partial charge is 0.492 e. The Balaban J connectivity index is 1.56. The third-order valence-electron chi connectivity index (χ3n) is 7.47. The number of rotatable bonds is 12. The van der Waals surface area contributed by atoms with Gasteiger partial charge in [0.1, 0.15) is 35.9 Å². The first-order chi connectivity index (χ1) is 15.0.